The minimum atomic E-state index is -0.461. The summed E-state index contributed by atoms with van der Waals surface area (Å²) >= 11 is 5.00. The van der Waals surface area contributed by atoms with E-state index in [0.717, 1.165) is 20.1 Å². The third kappa shape index (κ3) is 2.66. The van der Waals surface area contributed by atoms with Crippen molar-refractivity contribution >= 4 is 27.7 Å². The molecule has 0 aliphatic carbocycles. The number of nitrogens with one attached hydrogen (secondary N) is 1. The second kappa shape index (κ2) is 5.03. The molecule has 0 aliphatic rings. The van der Waals surface area contributed by atoms with Crippen LogP contribution in [0.15, 0.2) is 45.1 Å². The lowest BCUT2D eigenvalue weighted by atomic mass is 10.1. The molecule has 1 aromatic heterocycles. The van der Waals surface area contributed by atoms with Crippen LogP contribution < -0.4 is 0 Å². The maximum atomic E-state index is 9.50. The number of H-pyrrole nitrogens is 1. The Hall–Kier alpha value is -0.780. The van der Waals surface area contributed by atoms with Crippen LogP contribution in [0.4, 0.5) is 0 Å². The van der Waals surface area contributed by atoms with E-state index < -0.39 is 6.10 Å². The minimum Gasteiger partial charge on any atom is -0.389 e. The van der Waals surface area contributed by atoms with Crippen LogP contribution in [-0.2, 0) is 0 Å². The van der Waals surface area contributed by atoms with Crippen LogP contribution in [0.2, 0.25) is 0 Å². The molecule has 0 aliphatic heterocycles. The van der Waals surface area contributed by atoms with E-state index in [1.807, 2.05) is 18.2 Å². The maximum absolute atomic E-state index is 9.50. The summed E-state index contributed by atoms with van der Waals surface area (Å²) < 4.78 is 0.916. The zero-order valence-corrected chi connectivity index (χ0v) is 11.0. The molecule has 0 fully saturated rings. The van der Waals surface area contributed by atoms with Crippen molar-refractivity contribution < 1.29 is 5.11 Å². The second-order valence-corrected chi connectivity index (χ2v) is 5.27. The van der Waals surface area contributed by atoms with Gasteiger partial charge in [0, 0.05) is 21.8 Å². The number of rotatable bonds is 3. The molecule has 0 radical (unpaired) electrons. The fraction of sp³-hybridized carbons (Fsp3) is 0.182. The highest BCUT2D eigenvalue weighted by atomic mass is 79.9. The van der Waals surface area contributed by atoms with Gasteiger partial charge >= 0.3 is 0 Å². The molecule has 1 atom stereocenters. The molecule has 0 saturated heterocycles. The van der Waals surface area contributed by atoms with Gasteiger partial charge in [-0.1, -0.05) is 33.8 Å². The lowest BCUT2D eigenvalue weighted by Gasteiger charge is -2.08. The molecule has 2 rings (SSSR count). The first-order valence-corrected chi connectivity index (χ1v) is 6.42. The lowest BCUT2D eigenvalue weighted by molar-refractivity contribution is 0.198. The number of hydrogen-bond acceptors (Lipinski definition) is 3. The van der Waals surface area contributed by atoms with Gasteiger partial charge in [-0.3, -0.25) is 0 Å². The monoisotopic (exact) mass is 298 g/mol. The smallest absolute Gasteiger partial charge is 0.170 e. The number of halogens is 1. The average molecular weight is 299 g/mol. The van der Waals surface area contributed by atoms with E-state index in [1.165, 1.54) is 0 Å². The van der Waals surface area contributed by atoms with E-state index in [-0.39, 0.29) is 0 Å². The van der Waals surface area contributed by atoms with Crippen molar-refractivity contribution in [3.8, 4) is 0 Å². The zero-order chi connectivity index (χ0) is 11.5. The average Bonchev–Trinajstić information content (AvgIpc) is 2.70. The van der Waals surface area contributed by atoms with Crippen LogP contribution in [0.1, 0.15) is 18.6 Å². The predicted molar refractivity (Wildman–Crippen MR) is 67.5 cm³/mol. The van der Waals surface area contributed by atoms with Gasteiger partial charge in [0.2, 0.25) is 0 Å². The Balaban J connectivity index is 2.21. The highest BCUT2D eigenvalue weighted by molar-refractivity contribution is 9.10. The normalized spacial score (nSPS) is 12.7. The van der Waals surface area contributed by atoms with E-state index >= 15 is 0 Å². The van der Waals surface area contributed by atoms with Crippen LogP contribution in [0.5, 0.6) is 0 Å². The zero-order valence-electron chi connectivity index (χ0n) is 8.64. The van der Waals surface area contributed by atoms with Gasteiger partial charge in [-0.15, -0.1) is 0 Å². The van der Waals surface area contributed by atoms with Crippen molar-refractivity contribution in [1.82, 2.24) is 9.97 Å². The minimum absolute atomic E-state index is 0.461. The van der Waals surface area contributed by atoms with Crippen molar-refractivity contribution in [3.05, 3.63) is 40.6 Å². The third-order valence-corrected chi connectivity index (χ3v) is 3.70. The summed E-state index contributed by atoms with van der Waals surface area (Å²) in [4.78, 5) is 8.25. The quantitative estimate of drug-likeness (QED) is 0.913. The molecule has 2 aromatic rings. The summed E-state index contributed by atoms with van der Waals surface area (Å²) in [5.41, 5.74) is 0.892. The van der Waals surface area contributed by atoms with Crippen LogP contribution in [0, 0.1) is 0 Å². The second-order valence-electron chi connectivity index (χ2n) is 3.36. The molecule has 5 heteroatoms. The molecule has 0 unspecified atom stereocenters. The van der Waals surface area contributed by atoms with Gasteiger partial charge in [-0.2, -0.15) is 0 Å². The summed E-state index contributed by atoms with van der Waals surface area (Å²) in [6, 6.07) is 5.87. The predicted octanol–water partition coefficient (Wildman–Crippen LogP) is 3.38. The molecule has 16 heavy (non-hydrogen) atoms. The Morgan fingerprint density at radius 3 is 2.88 bits per heavy atom. The standard InChI is InChI=1S/C11H11BrN2OS/c1-7(15)9-3-2-8(6-10(9)12)16-11-13-4-5-14-11/h2-7,15H,1H3,(H,13,14)/t7-/m1/s1. The Kier molecular flexibility index (Phi) is 3.68. The Morgan fingerprint density at radius 2 is 2.31 bits per heavy atom. The summed E-state index contributed by atoms with van der Waals surface area (Å²) in [5, 5.41) is 10.4. The van der Waals surface area contributed by atoms with E-state index in [0.29, 0.717) is 0 Å². The fourth-order valence-corrected chi connectivity index (χ4v) is 2.97. The molecular weight excluding hydrogens is 288 g/mol. The summed E-state index contributed by atoms with van der Waals surface area (Å²) in [6.45, 7) is 1.75. The largest absolute Gasteiger partial charge is 0.389 e. The van der Waals surface area contributed by atoms with Crippen molar-refractivity contribution in [3.63, 3.8) is 0 Å². The topological polar surface area (TPSA) is 48.9 Å². The number of nitrogens with zero attached hydrogens (tertiary/aromatic N) is 1. The van der Waals surface area contributed by atoms with Crippen LogP contribution >= 0.6 is 27.7 Å². The molecule has 0 saturated carbocycles. The maximum Gasteiger partial charge on any atom is 0.170 e. The van der Waals surface area contributed by atoms with Gasteiger partial charge in [-0.25, -0.2) is 4.98 Å². The Morgan fingerprint density at radius 1 is 1.50 bits per heavy atom. The van der Waals surface area contributed by atoms with Gasteiger partial charge in [-0.05, 0) is 24.6 Å². The van der Waals surface area contributed by atoms with Crippen LogP contribution in [-0.4, -0.2) is 15.1 Å². The van der Waals surface area contributed by atoms with Gasteiger partial charge in [0.15, 0.2) is 5.16 Å². The summed E-state index contributed by atoms with van der Waals surface area (Å²) in [5.74, 6) is 0. The molecule has 1 heterocycles. The molecule has 0 amide bonds. The number of aromatic amines is 1. The number of hydrogen-bond donors (Lipinski definition) is 2. The number of imidazole rings is 1. The molecule has 2 N–H and O–H groups in total. The Labute approximate surface area is 106 Å². The summed E-state index contributed by atoms with van der Waals surface area (Å²) in [7, 11) is 0. The number of aliphatic hydroxyl groups excluding tert-OH is 1. The van der Waals surface area contributed by atoms with Crippen molar-refractivity contribution in [2.24, 2.45) is 0 Å². The van der Waals surface area contributed by atoms with E-state index in [4.69, 9.17) is 0 Å². The molecule has 1 aromatic carbocycles. The first kappa shape index (κ1) is 11.7. The number of aromatic nitrogens is 2. The third-order valence-electron chi connectivity index (χ3n) is 2.11. The molecule has 0 bridgehead atoms. The van der Waals surface area contributed by atoms with Gasteiger partial charge in [0.05, 0.1) is 6.10 Å². The fourth-order valence-electron chi connectivity index (χ4n) is 1.33. The molecule has 3 nitrogen and oxygen atoms in total. The van der Waals surface area contributed by atoms with Crippen molar-refractivity contribution in [1.29, 1.82) is 0 Å². The highest BCUT2D eigenvalue weighted by Crippen LogP contribution is 2.31. The van der Waals surface area contributed by atoms with Gasteiger partial charge in [0.25, 0.3) is 0 Å². The highest BCUT2D eigenvalue weighted by Gasteiger charge is 2.07. The number of benzene rings is 1. The van der Waals surface area contributed by atoms with Crippen molar-refractivity contribution in [2.45, 2.75) is 23.1 Å². The van der Waals surface area contributed by atoms with Gasteiger partial charge in [0.1, 0.15) is 0 Å². The SMILES string of the molecule is C[C@@H](O)c1ccc(Sc2ncc[nH]2)cc1Br. The molecular formula is C11H11BrN2OS. The Bertz CT molecular complexity index is 471. The van der Waals surface area contributed by atoms with E-state index in [9.17, 15) is 5.11 Å². The first-order chi connectivity index (χ1) is 7.66. The van der Waals surface area contributed by atoms with Crippen molar-refractivity contribution in [2.75, 3.05) is 0 Å². The van der Waals surface area contributed by atoms with E-state index in [1.54, 1.807) is 31.1 Å². The first-order valence-electron chi connectivity index (χ1n) is 4.81. The lowest BCUT2D eigenvalue weighted by Crippen LogP contribution is -1.92. The van der Waals surface area contributed by atoms with Crippen LogP contribution in [0.25, 0.3) is 0 Å². The van der Waals surface area contributed by atoms with Gasteiger partial charge < -0.3 is 10.1 Å². The molecule has 84 valence electrons. The summed E-state index contributed by atoms with van der Waals surface area (Å²) in [6.07, 6.45) is 3.06. The van der Waals surface area contributed by atoms with E-state index in [2.05, 4.69) is 25.9 Å². The molecule has 0 spiro atoms. The van der Waals surface area contributed by atoms with Crippen LogP contribution in [0.3, 0.4) is 0 Å². The number of aliphatic hydroxyl groups is 1.